The Morgan fingerprint density at radius 2 is 2.35 bits per heavy atom. The number of halogens is 2. The van der Waals surface area contributed by atoms with Crippen LogP contribution in [0.2, 0.25) is 0 Å². The summed E-state index contributed by atoms with van der Waals surface area (Å²) < 4.78 is 20.2. The van der Waals surface area contributed by atoms with Gasteiger partial charge in [-0.05, 0) is 28.8 Å². The minimum atomic E-state index is -1.08. The molecule has 0 radical (unpaired) electrons. The first-order valence-electron chi connectivity index (χ1n) is 5.49. The lowest BCUT2D eigenvalue weighted by Gasteiger charge is -2.18. The van der Waals surface area contributed by atoms with Crippen LogP contribution in [-0.2, 0) is 6.54 Å². The molecule has 1 atom stereocenters. The number of hydrogen-bond donors (Lipinski definition) is 1. The lowest BCUT2D eigenvalue weighted by atomic mass is 10.3. The van der Waals surface area contributed by atoms with Gasteiger partial charge in [0.05, 0.1) is 6.54 Å². The number of aromatic nitrogens is 2. The van der Waals surface area contributed by atoms with E-state index in [4.69, 9.17) is 4.74 Å². The molecule has 92 valence electrons. The first-order valence-corrected chi connectivity index (χ1v) is 6.28. The highest BCUT2D eigenvalue weighted by atomic mass is 79.9. The number of carbonyl (C=O) groups is 1. The predicted octanol–water partition coefficient (Wildman–Crippen LogP) is 1.27. The molecule has 2 heterocycles. The van der Waals surface area contributed by atoms with E-state index in [1.807, 2.05) is 0 Å². The van der Waals surface area contributed by atoms with Gasteiger partial charge in [0.1, 0.15) is 11.1 Å². The van der Waals surface area contributed by atoms with E-state index < -0.39 is 6.17 Å². The summed E-state index contributed by atoms with van der Waals surface area (Å²) in [6.07, 6.45) is 0.952. The molecule has 1 amide bonds. The van der Waals surface area contributed by atoms with Gasteiger partial charge in [-0.25, -0.2) is 9.07 Å². The van der Waals surface area contributed by atoms with Crippen LogP contribution in [0, 0.1) is 0 Å². The van der Waals surface area contributed by atoms with Crippen molar-refractivity contribution < 1.29 is 13.9 Å². The average molecular weight is 304 g/mol. The summed E-state index contributed by atoms with van der Waals surface area (Å²) in [4.78, 5) is 11.8. The number of amides is 1. The van der Waals surface area contributed by atoms with E-state index in [0.29, 0.717) is 10.4 Å². The standard InChI is InChI=1S/C10H11BrFN3O2/c11-7-8(9(16)13-6-1-2-6)14-15-3-5(12)4-17-10(7)15/h5-6H,1-4H2,(H,13,16)/t5-/m1/s1. The van der Waals surface area contributed by atoms with Crippen molar-refractivity contribution in [1.29, 1.82) is 0 Å². The van der Waals surface area contributed by atoms with Crippen LogP contribution >= 0.6 is 15.9 Å². The Hall–Kier alpha value is -1.11. The molecule has 3 rings (SSSR count). The highest BCUT2D eigenvalue weighted by Gasteiger charge is 2.30. The molecular formula is C10H11BrFN3O2. The number of rotatable bonds is 2. The van der Waals surface area contributed by atoms with Crippen molar-refractivity contribution in [2.75, 3.05) is 6.61 Å². The molecule has 0 spiro atoms. The largest absolute Gasteiger partial charge is 0.474 e. The molecule has 0 aromatic carbocycles. The molecule has 7 heteroatoms. The van der Waals surface area contributed by atoms with E-state index in [1.54, 1.807) is 0 Å². The number of hydrogen-bond acceptors (Lipinski definition) is 3. The van der Waals surface area contributed by atoms with Gasteiger partial charge in [0.2, 0.25) is 5.88 Å². The topological polar surface area (TPSA) is 56.2 Å². The number of ether oxygens (including phenoxy) is 1. The molecule has 1 aliphatic carbocycles. The van der Waals surface area contributed by atoms with Crippen molar-refractivity contribution in [2.45, 2.75) is 31.6 Å². The quantitative estimate of drug-likeness (QED) is 0.895. The Morgan fingerprint density at radius 3 is 3.06 bits per heavy atom. The van der Waals surface area contributed by atoms with E-state index in [-0.39, 0.29) is 30.8 Å². The van der Waals surface area contributed by atoms with Gasteiger partial charge in [-0.15, -0.1) is 0 Å². The normalized spacial score (nSPS) is 22.8. The number of nitrogens with one attached hydrogen (secondary N) is 1. The van der Waals surface area contributed by atoms with Crippen molar-refractivity contribution in [3.63, 3.8) is 0 Å². The van der Waals surface area contributed by atoms with Gasteiger partial charge < -0.3 is 10.1 Å². The molecule has 0 bridgehead atoms. The van der Waals surface area contributed by atoms with Gasteiger partial charge >= 0.3 is 0 Å². The second kappa shape index (κ2) is 3.97. The Labute approximate surface area is 105 Å². The molecule has 5 nitrogen and oxygen atoms in total. The third kappa shape index (κ3) is 2.03. The van der Waals surface area contributed by atoms with E-state index in [9.17, 15) is 9.18 Å². The highest BCUT2D eigenvalue weighted by molar-refractivity contribution is 9.10. The number of carbonyl (C=O) groups excluding carboxylic acids is 1. The van der Waals surface area contributed by atoms with E-state index in [1.165, 1.54) is 4.68 Å². The first kappa shape index (κ1) is 11.0. The fourth-order valence-corrected chi connectivity index (χ4v) is 2.30. The van der Waals surface area contributed by atoms with Crippen LogP contribution < -0.4 is 10.1 Å². The maximum absolute atomic E-state index is 13.1. The summed E-state index contributed by atoms with van der Waals surface area (Å²) in [5.74, 6) is 0.195. The van der Waals surface area contributed by atoms with Crippen LogP contribution in [0.25, 0.3) is 0 Å². The van der Waals surface area contributed by atoms with Crippen LogP contribution in [0.1, 0.15) is 23.3 Å². The van der Waals surface area contributed by atoms with Gasteiger partial charge in [0.15, 0.2) is 11.9 Å². The Kier molecular flexibility index (Phi) is 2.57. The zero-order chi connectivity index (χ0) is 12.0. The van der Waals surface area contributed by atoms with Crippen molar-refractivity contribution in [3.05, 3.63) is 10.2 Å². The van der Waals surface area contributed by atoms with Gasteiger partial charge in [0.25, 0.3) is 5.91 Å². The number of fused-ring (bicyclic) bond motifs is 1. The minimum Gasteiger partial charge on any atom is -0.474 e. The summed E-state index contributed by atoms with van der Waals surface area (Å²) in [5, 5.41) is 6.91. The zero-order valence-corrected chi connectivity index (χ0v) is 10.5. The van der Waals surface area contributed by atoms with Gasteiger partial charge in [-0.1, -0.05) is 0 Å². The second-order valence-electron chi connectivity index (χ2n) is 4.31. The van der Waals surface area contributed by atoms with Crippen LogP contribution in [0.4, 0.5) is 4.39 Å². The van der Waals surface area contributed by atoms with Crippen molar-refractivity contribution in [2.24, 2.45) is 0 Å². The SMILES string of the molecule is O=C(NC1CC1)c1nn2c(c1Br)OC[C@H](F)C2. The van der Waals surface area contributed by atoms with E-state index >= 15 is 0 Å². The van der Waals surface area contributed by atoms with Crippen molar-refractivity contribution >= 4 is 21.8 Å². The summed E-state index contributed by atoms with van der Waals surface area (Å²) >= 11 is 3.28. The molecule has 1 saturated carbocycles. The van der Waals surface area contributed by atoms with Gasteiger partial charge in [-0.3, -0.25) is 4.79 Å². The van der Waals surface area contributed by atoms with Gasteiger partial charge in [0, 0.05) is 6.04 Å². The van der Waals surface area contributed by atoms with E-state index in [0.717, 1.165) is 12.8 Å². The summed E-state index contributed by atoms with van der Waals surface area (Å²) in [7, 11) is 0. The maximum atomic E-state index is 13.1. The minimum absolute atomic E-state index is 0.00791. The second-order valence-corrected chi connectivity index (χ2v) is 5.10. The molecule has 1 fully saturated rings. The third-order valence-electron chi connectivity index (χ3n) is 2.75. The summed E-state index contributed by atoms with van der Waals surface area (Å²) in [6, 6.07) is 0.267. The van der Waals surface area contributed by atoms with Crippen LogP contribution in [0.15, 0.2) is 4.47 Å². The molecular weight excluding hydrogens is 293 g/mol. The zero-order valence-electron chi connectivity index (χ0n) is 8.95. The fraction of sp³-hybridized carbons (Fsp3) is 0.600. The average Bonchev–Trinajstić information content (AvgIpc) is 3.03. The molecule has 1 aromatic heterocycles. The molecule has 1 N–H and O–H groups in total. The molecule has 0 unspecified atom stereocenters. The Balaban J connectivity index is 1.87. The van der Waals surface area contributed by atoms with Crippen molar-refractivity contribution in [1.82, 2.24) is 15.1 Å². The Bertz CT molecular complexity index is 472. The molecule has 1 aliphatic heterocycles. The lowest BCUT2D eigenvalue weighted by molar-refractivity contribution is 0.0943. The highest BCUT2D eigenvalue weighted by Crippen LogP contribution is 2.32. The molecule has 1 aromatic rings. The summed E-state index contributed by atoms with van der Waals surface area (Å²) in [5.41, 5.74) is 0.265. The lowest BCUT2D eigenvalue weighted by Crippen LogP contribution is -2.27. The monoisotopic (exact) mass is 303 g/mol. The maximum Gasteiger partial charge on any atom is 0.273 e. The smallest absolute Gasteiger partial charge is 0.273 e. The molecule has 0 saturated heterocycles. The third-order valence-corrected chi connectivity index (χ3v) is 3.47. The Morgan fingerprint density at radius 1 is 1.59 bits per heavy atom. The van der Waals surface area contributed by atoms with Crippen molar-refractivity contribution in [3.8, 4) is 5.88 Å². The van der Waals surface area contributed by atoms with Crippen LogP contribution in [0.5, 0.6) is 5.88 Å². The fourth-order valence-electron chi connectivity index (χ4n) is 1.72. The van der Waals surface area contributed by atoms with Gasteiger partial charge in [-0.2, -0.15) is 5.10 Å². The number of nitrogens with zero attached hydrogens (tertiary/aromatic N) is 2. The summed E-state index contributed by atoms with van der Waals surface area (Å²) in [6.45, 7) is 0.138. The molecule has 2 aliphatic rings. The van der Waals surface area contributed by atoms with E-state index in [2.05, 4.69) is 26.3 Å². The van der Waals surface area contributed by atoms with Crippen LogP contribution in [0.3, 0.4) is 0 Å². The van der Waals surface area contributed by atoms with Crippen LogP contribution in [-0.4, -0.2) is 34.5 Å². The molecule has 17 heavy (non-hydrogen) atoms. The predicted molar refractivity (Wildman–Crippen MR) is 60.8 cm³/mol. The first-order chi connectivity index (χ1) is 8.15. The number of alkyl halides is 1.